The molecule has 0 aromatic heterocycles. The Balaban J connectivity index is 2.81. The lowest BCUT2D eigenvalue weighted by atomic mass is 10.1. The number of amides is 1. The molecule has 0 atom stereocenters. The molecule has 0 spiro atoms. The molecule has 1 rings (SSSR count). The third-order valence-electron chi connectivity index (χ3n) is 2.15. The summed E-state index contributed by atoms with van der Waals surface area (Å²) in [7, 11) is 0. The van der Waals surface area contributed by atoms with E-state index >= 15 is 0 Å². The summed E-state index contributed by atoms with van der Waals surface area (Å²) in [6, 6.07) is 5.73. The topological polar surface area (TPSA) is 96.0 Å². The molecule has 0 bridgehead atoms. The maximum Gasteiger partial charge on any atom is 0.282 e. The van der Waals surface area contributed by atoms with Crippen molar-refractivity contribution in [1.82, 2.24) is 5.32 Å². The molecule has 94 valence electrons. The first-order valence-corrected chi connectivity index (χ1v) is 5.53. The van der Waals surface area contributed by atoms with Crippen LogP contribution in [0.4, 0.5) is 5.69 Å². The Bertz CT molecular complexity index is 511. The molecule has 0 aliphatic heterocycles. The highest BCUT2D eigenvalue weighted by molar-refractivity contribution is 6.31. The molecule has 0 saturated heterocycles. The molecule has 0 aliphatic rings. The summed E-state index contributed by atoms with van der Waals surface area (Å²) < 4.78 is 0. The molecule has 0 fully saturated rings. The summed E-state index contributed by atoms with van der Waals surface area (Å²) in [5.41, 5.74) is -0.373. The van der Waals surface area contributed by atoms with Gasteiger partial charge in [0.05, 0.1) is 11.0 Å². The standard InChI is InChI=1S/C11H10ClN3O3/c12-8-3-4-10(15(17)18)9(7-8)11(16)14-6-2-1-5-13/h3-4,7H,1-2,6H2,(H,14,16). The number of halogens is 1. The van der Waals surface area contributed by atoms with Crippen LogP contribution < -0.4 is 5.32 Å². The van der Waals surface area contributed by atoms with Crippen LogP contribution in [-0.4, -0.2) is 17.4 Å². The molecule has 1 aromatic carbocycles. The summed E-state index contributed by atoms with van der Waals surface area (Å²) in [5, 5.41) is 21.8. The number of nitrogens with one attached hydrogen (secondary N) is 1. The van der Waals surface area contributed by atoms with Crippen LogP contribution in [0, 0.1) is 21.4 Å². The number of carbonyl (C=O) groups is 1. The second-order valence-corrected chi connectivity index (χ2v) is 3.87. The molecule has 0 radical (unpaired) electrons. The van der Waals surface area contributed by atoms with Gasteiger partial charge in [-0.1, -0.05) is 11.6 Å². The third kappa shape index (κ3) is 3.71. The van der Waals surface area contributed by atoms with Gasteiger partial charge in [-0.15, -0.1) is 0 Å². The molecular formula is C11H10ClN3O3. The molecule has 6 nitrogen and oxygen atoms in total. The van der Waals surface area contributed by atoms with Crippen molar-refractivity contribution in [1.29, 1.82) is 5.26 Å². The molecule has 1 aromatic rings. The molecule has 1 amide bonds. The lowest BCUT2D eigenvalue weighted by Gasteiger charge is -2.05. The second-order valence-electron chi connectivity index (χ2n) is 3.44. The van der Waals surface area contributed by atoms with E-state index in [1.165, 1.54) is 18.2 Å². The number of hydrogen-bond donors (Lipinski definition) is 1. The largest absolute Gasteiger partial charge is 0.352 e. The lowest BCUT2D eigenvalue weighted by Crippen LogP contribution is -2.25. The van der Waals surface area contributed by atoms with Crippen LogP contribution in [0.15, 0.2) is 18.2 Å². The Hall–Kier alpha value is -2.13. The summed E-state index contributed by atoms with van der Waals surface area (Å²) in [4.78, 5) is 21.8. The molecule has 18 heavy (non-hydrogen) atoms. The van der Waals surface area contributed by atoms with Crippen molar-refractivity contribution < 1.29 is 9.72 Å². The Morgan fingerprint density at radius 1 is 1.56 bits per heavy atom. The second kappa shape index (κ2) is 6.57. The monoisotopic (exact) mass is 267 g/mol. The van der Waals surface area contributed by atoms with Crippen molar-refractivity contribution in [3.63, 3.8) is 0 Å². The van der Waals surface area contributed by atoms with E-state index in [1.807, 2.05) is 6.07 Å². The first-order valence-electron chi connectivity index (χ1n) is 5.15. The van der Waals surface area contributed by atoms with Crippen LogP contribution in [0.1, 0.15) is 23.2 Å². The van der Waals surface area contributed by atoms with Crippen molar-refractivity contribution in [2.75, 3.05) is 6.54 Å². The van der Waals surface area contributed by atoms with Gasteiger partial charge >= 0.3 is 0 Å². The van der Waals surface area contributed by atoms with Gasteiger partial charge in [0.15, 0.2) is 0 Å². The summed E-state index contributed by atoms with van der Waals surface area (Å²) in [5.74, 6) is -0.567. The number of benzene rings is 1. The minimum atomic E-state index is -0.638. The van der Waals surface area contributed by atoms with Crippen molar-refractivity contribution >= 4 is 23.2 Å². The number of nitrogens with zero attached hydrogens (tertiary/aromatic N) is 2. The maximum atomic E-state index is 11.7. The van der Waals surface area contributed by atoms with E-state index in [4.69, 9.17) is 16.9 Å². The van der Waals surface area contributed by atoms with Crippen LogP contribution in [0.2, 0.25) is 5.02 Å². The molecule has 1 N–H and O–H groups in total. The van der Waals surface area contributed by atoms with Gasteiger partial charge in [0.25, 0.3) is 11.6 Å². The number of nitriles is 1. The van der Waals surface area contributed by atoms with Crippen molar-refractivity contribution in [2.24, 2.45) is 0 Å². The molecular weight excluding hydrogens is 258 g/mol. The van der Waals surface area contributed by atoms with Crippen molar-refractivity contribution in [2.45, 2.75) is 12.8 Å². The normalized spacial score (nSPS) is 9.56. The van der Waals surface area contributed by atoms with Gasteiger partial charge < -0.3 is 5.32 Å². The van der Waals surface area contributed by atoms with E-state index in [0.29, 0.717) is 12.8 Å². The van der Waals surface area contributed by atoms with E-state index in [0.717, 1.165) is 0 Å². The van der Waals surface area contributed by atoms with Crippen LogP contribution in [0.25, 0.3) is 0 Å². The lowest BCUT2D eigenvalue weighted by molar-refractivity contribution is -0.385. The number of carbonyl (C=O) groups excluding carboxylic acids is 1. The average molecular weight is 268 g/mol. The summed E-state index contributed by atoms with van der Waals surface area (Å²) in [6.45, 7) is 0.288. The highest BCUT2D eigenvalue weighted by Crippen LogP contribution is 2.22. The van der Waals surface area contributed by atoms with Gasteiger partial charge in [0.1, 0.15) is 5.56 Å². The highest BCUT2D eigenvalue weighted by atomic mass is 35.5. The zero-order chi connectivity index (χ0) is 13.5. The van der Waals surface area contributed by atoms with Gasteiger partial charge in [-0.05, 0) is 18.6 Å². The first-order chi connectivity index (χ1) is 8.56. The predicted molar refractivity (Wildman–Crippen MR) is 65.3 cm³/mol. The Labute approximate surface area is 108 Å². The zero-order valence-corrected chi connectivity index (χ0v) is 10.1. The molecule has 0 unspecified atom stereocenters. The number of hydrogen-bond acceptors (Lipinski definition) is 4. The SMILES string of the molecule is N#CCCCNC(=O)c1cc(Cl)ccc1[N+](=O)[O-]. The van der Waals surface area contributed by atoms with Crippen LogP contribution >= 0.6 is 11.6 Å². The molecule has 7 heteroatoms. The average Bonchev–Trinajstić information content (AvgIpc) is 2.34. The quantitative estimate of drug-likeness (QED) is 0.503. The number of nitro groups is 1. The van der Waals surface area contributed by atoms with Crippen molar-refractivity contribution in [3.05, 3.63) is 38.9 Å². The Morgan fingerprint density at radius 3 is 2.89 bits per heavy atom. The summed E-state index contributed by atoms with van der Waals surface area (Å²) >= 11 is 5.70. The van der Waals surface area contributed by atoms with E-state index < -0.39 is 10.8 Å². The van der Waals surface area contributed by atoms with E-state index in [9.17, 15) is 14.9 Å². The van der Waals surface area contributed by atoms with E-state index in [-0.39, 0.29) is 22.8 Å². The van der Waals surface area contributed by atoms with E-state index in [1.54, 1.807) is 0 Å². The fourth-order valence-electron chi connectivity index (χ4n) is 1.31. The van der Waals surface area contributed by atoms with Gasteiger partial charge in [0.2, 0.25) is 0 Å². The molecule has 0 saturated carbocycles. The third-order valence-corrected chi connectivity index (χ3v) is 2.39. The highest BCUT2D eigenvalue weighted by Gasteiger charge is 2.19. The van der Waals surface area contributed by atoms with Crippen molar-refractivity contribution in [3.8, 4) is 6.07 Å². The summed E-state index contributed by atoms with van der Waals surface area (Å²) in [6.07, 6.45) is 0.814. The van der Waals surface area contributed by atoms with Crippen LogP contribution in [-0.2, 0) is 0 Å². The van der Waals surface area contributed by atoms with Gasteiger partial charge in [-0.2, -0.15) is 5.26 Å². The molecule has 0 heterocycles. The Kier molecular flexibility index (Phi) is 5.08. The number of rotatable bonds is 5. The van der Waals surface area contributed by atoms with Gasteiger partial charge in [0, 0.05) is 24.1 Å². The fourth-order valence-corrected chi connectivity index (χ4v) is 1.49. The predicted octanol–water partition coefficient (Wildman–Crippen LogP) is 2.28. The zero-order valence-electron chi connectivity index (χ0n) is 9.35. The molecule has 0 aliphatic carbocycles. The fraction of sp³-hybridized carbons (Fsp3) is 0.273. The first kappa shape index (κ1) is 13.9. The van der Waals surface area contributed by atoms with Gasteiger partial charge in [-0.3, -0.25) is 14.9 Å². The Morgan fingerprint density at radius 2 is 2.28 bits per heavy atom. The smallest absolute Gasteiger partial charge is 0.282 e. The minimum Gasteiger partial charge on any atom is -0.352 e. The van der Waals surface area contributed by atoms with Crippen LogP contribution in [0.5, 0.6) is 0 Å². The van der Waals surface area contributed by atoms with Gasteiger partial charge in [-0.25, -0.2) is 0 Å². The van der Waals surface area contributed by atoms with Crippen LogP contribution in [0.3, 0.4) is 0 Å². The maximum absolute atomic E-state index is 11.7. The number of nitro benzene ring substituents is 1. The van der Waals surface area contributed by atoms with E-state index in [2.05, 4.69) is 5.32 Å². The minimum absolute atomic E-state index is 0.0792. The number of unbranched alkanes of at least 4 members (excludes halogenated alkanes) is 1.